The molecule has 0 aromatic heterocycles. The van der Waals surface area contributed by atoms with Crippen molar-refractivity contribution in [3.63, 3.8) is 0 Å². The summed E-state index contributed by atoms with van der Waals surface area (Å²) in [4.78, 5) is 11.0. The van der Waals surface area contributed by atoms with E-state index in [0.717, 1.165) is 0 Å². The molecule has 0 radical (unpaired) electrons. The van der Waals surface area contributed by atoms with E-state index in [4.69, 9.17) is 14.2 Å². The Kier molecular flexibility index (Phi) is 6.18. The molecule has 0 saturated carbocycles. The predicted molar refractivity (Wildman–Crippen MR) is 48.2 cm³/mol. The number of methoxy groups -OCH3 is 1. The van der Waals surface area contributed by atoms with Gasteiger partial charge in [0.05, 0.1) is 0 Å². The first-order valence-electron chi connectivity index (χ1n) is 4.08. The van der Waals surface area contributed by atoms with Crippen LogP contribution < -0.4 is 0 Å². The monoisotopic (exact) mass is 188 g/mol. The van der Waals surface area contributed by atoms with Crippen LogP contribution in [0.2, 0.25) is 0 Å². The van der Waals surface area contributed by atoms with Crippen LogP contribution in [0.25, 0.3) is 0 Å². The van der Waals surface area contributed by atoms with E-state index in [1.165, 1.54) is 7.11 Å². The van der Waals surface area contributed by atoms with E-state index in [2.05, 4.69) is 6.58 Å². The zero-order valence-electron chi connectivity index (χ0n) is 8.33. The minimum atomic E-state index is -0.649. The van der Waals surface area contributed by atoms with Crippen LogP contribution in [-0.2, 0) is 19.0 Å². The van der Waals surface area contributed by atoms with Gasteiger partial charge < -0.3 is 14.2 Å². The van der Waals surface area contributed by atoms with Crippen LogP contribution in [-0.4, -0.2) is 32.6 Å². The first kappa shape index (κ1) is 12.1. The highest BCUT2D eigenvalue weighted by atomic mass is 16.7. The molecule has 1 atom stereocenters. The summed E-state index contributed by atoms with van der Waals surface area (Å²) in [6, 6.07) is 0. The maximum absolute atomic E-state index is 11.0. The minimum Gasteiger partial charge on any atom is -0.430 e. The Morgan fingerprint density at radius 3 is 2.54 bits per heavy atom. The maximum Gasteiger partial charge on any atom is 0.335 e. The molecule has 1 unspecified atom stereocenters. The summed E-state index contributed by atoms with van der Waals surface area (Å²) in [7, 11) is 1.45. The van der Waals surface area contributed by atoms with Crippen LogP contribution in [0.4, 0.5) is 0 Å². The number of ether oxygens (including phenoxy) is 3. The van der Waals surface area contributed by atoms with Gasteiger partial charge in [0.2, 0.25) is 6.29 Å². The van der Waals surface area contributed by atoms with Gasteiger partial charge >= 0.3 is 5.97 Å². The van der Waals surface area contributed by atoms with Crippen molar-refractivity contribution < 1.29 is 19.0 Å². The lowest BCUT2D eigenvalue weighted by molar-refractivity contribution is -0.179. The molecule has 0 aliphatic heterocycles. The van der Waals surface area contributed by atoms with Crippen molar-refractivity contribution in [1.82, 2.24) is 0 Å². The molecular formula is C9H16O4. The van der Waals surface area contributed by atoms with Crippen molar-refractivity contribution in [2.24, 2.45) is 0 Å². The van der Waals surface area contributed by atoms with Crippen molar-refractivity contribution in [3.8, 4) is 0 Å². The molecule has 0 heterocycles. The molecule has 0 aromatic carbocycles. The summed E-state index contributed by atoms with van der Waals surface area (Å²) in [6.07, 6.45) is -0.649. The Hall–Kier alpha value is -0.870. The number of hydrogen-bond acceptors (Lipinski definition) is 4. The first-order valence-corrected chi connectivity index (χ1v) is 4.08. The summed E-state index contributed by atoms with van der Waals surface area (Å²) in [5.41, 5.74) is 0.346. The molecule has 0 aliphatic rings. The van der Waals surface area contributed by atoms with Gasteiger partial charge in [0.15, 0.2) is 0 Å². The minimum absolute atomic E-state index is 0.242. The summed E-state index contributed by atoms with van der Waals surface area (Å²) in [5, 5.41) is 0. The molecule has 76 valence electrons. The molecule has 13 heavy (non-hydrogen) atoms. The quantitative estimate of drug-likeness (QED) is 0.356. The molecule has 0 amide bonds. The Morgan fingerprint density at radius 2 is 2.15 bits per heavy atom. The van der Waals surface area contributed by atoms with Crippen molar-refractivity contribution >= 4 is 5.97 Å². The first-order chi connectivity index (χ1) is 6.11. The summed E-state index contributed by atoms with van der Waals surface area (Å²) >= 11 is 0. The van der Waals surface area contributed by atoms with E-state index < -0.39 is 12.3 Å². The SMILES string of the molecule is C=C(C)C(=O)OC(COCC)OC. The molecule has 4 heteroatoms. The second-order valence-electron chi connectivity index (χ2n) is 2.51. The molecule has 0 N–H and O–H groups in total. The van der Waals surface area contributed by atoms with E-state index in [9.17, 15) is 4.79 Å². The molecule has 0 aromatic rings. The lowest BCUT2D eigenvalue weighted by atomic mass is 10.4. The average Bonchev–Trinajstić information content (AvgIpc) is 2.11. The normalized spacial score (nSPS) is 12.2. The standard InChI is InChI=1S/C9H16O4/c1-5-12-6-8(11-4)13-9(10)7(2)3/h8H,2,5-6H2,1,3-4H3. The summed E-state index contributed by atoms with van der Waals surface area (Å²) in [6.45, 7) is 7.69. The van der Waals surface area contributed by atoms with E-state index >= 15 is 0 Å². The van der Waals surface area contributed by atoms with Crippen molar-refractivity contribution in [2.75, 3.05) is 20.3 Å². The van der Waals surface area contributed by atoms with Gasteiger partial charge in [0.1, 0.15) is 6.61 Å². The van der Waals surface area contributed by atoms with Crippen LogP contribution in [0, 0.1) is 0 Å². The number of carbonyl (C=O) groups is 1. The zero-order valence-corrected chi connectivity index (χ0v) is 8.33. The van der Waals surface area contributed by atoms with Gasteiger partial charge in [-0.1, -0.05) is 6.58 Å². The molecular weight excluding hydrogens is 172 g/mol. The van der Waals surface area contributed by atoms with Crippen LogP contribution in [0.5, 0.6) is 0 Å². The molecule has 0 rings (SSSR count). The Labute approximate surface area is 78.5 Å². The third-order valence-corrected chi connectivity index (χ3v) is 1.31. The van der Waals surface area contributed by atoms with Crippen LogP contribution in [0.1, 0.15) is 13.8 Å². The second kappa shape index (κ2) is 6.62. The van der Waals surface area contributed by atoms with E-state index in [1.807, 2.05) is 6.92 Å². The Morgan fingerprint density at radius 1 is 1.54 bits per heavy atom. The molecule has 0 bridgehead atoms. The third kappa shape index (κ3) is 5.38. The highest BCUT2D eigenvalue weighted by Crippen LogP contribution is 2.00. The molecule has 4 nitrogen and oxygen atoms in total. The van der Waals surface area contributed by atoms with Crippen LogP contribution in [0.3, 0.4) is 0 Å². The average molecular weight is 188 g/mol. The number of carbonyl (C=O) groups excluding carboxylic acids is 1. The predicted octanol–water partition coefficient (Wildman–Crippen LogP) is 1.11. The lowest BCUT2D eigenvalue weighted by Crippen LogP contribution is -2.25. The topological polar surface area (TPSA) is 44.8 Å². The van der Waals surface area contributed by atoms with Crippen molar-refractivity contribution in [3.05, 3.63) is 12.2 Å². The fourth-order valence-electron chi connectivity index (χ4n) is 0.584. The number of rotatable bonds is 6. The third-order valence-electron chi connectivity index (χ3n) is 1.31. The van der Waals surface area contributed by atoms with Gasteiger partial charge in [-0.2, -0.15) is 0 Å². The van der Waals surface area contributed by atoms with Crippen molar-refractivity contribution in [2.45, 2.75) is 20.1 Å². The molecule has 0 saturated heterocycles. The van der Waals surface area contributed by atoms with Crippen molar-refractivity contribution in [1.29, 1.82) is 0 Å². The van der Waals surface area contributed by atoms with Gasteiger partial charge in [-0.15, -0.1) is 0 Å². The Balaban J connectivity index is 3.83. The Bertz CT molecular complexity index is 176. The lowest BCUT2D eigenvalue weighted by Gasteiger charge is -2.15. The number of hydrogen-bond donors (Lipinski definition) is 0. The summed E-state index contributed by atoms with van der Waals surface area (Å²) in [5.74, 6) is -0.466. The van der Waals surface area contributed by atoms with Gasteiger partial charge in [0.25, 0.3) is 0 Å². The van der Waals surface area contributed by atoms with Gasteiger partial charge in [-0.05, 0) is 13.8 Å². The highest BCUT2D eigenvalue weighted by molar-refractivity contribution is 5.86. The van der Waals surface area contributed by atoms with Gasteiger partial charge in [0, 0.05) is 19.3 Å². The van der Waals surface area contributed by atoms with Crippen LogP contribution >= 0.6 is 0 Å². The molecule has 0 spiro atoms. The van der Waals surface area contributed by atoms with E-state index in [0.29, 0.717) is 12.2 Å². The zero-order chi connectivity index (χ0) is 10.3. The highest BCUT2D eigenvalue weighted by Gasteiger charge is 2.13. The van der Waals surface area contributed by atoms with Gasteiger partial charge in [-0.25, -0.2) is 4.79 Å². The van der Waals surface area contributed by atoms with E-state index in [-0.39, 0.29) is 6.61 Å². The fourth-order valence-corrected chi connectivity index (χ4v) is 0.584. The molecule has 0 fully saturated rings. The van der Waals surface area contributed by atoms with Gasteiger partial charge in [-0.3, -0.25) is 0 Å². The van der Waals surface area contributed by atoms with E-state index in [1.54, 1.807) is 6.92 Å². The van der Waals surface area contributed by atoms with Crippen LogP contribution in [0.15, 0.2) is 12.2 Å². The fraction of sp³-hybridized carbons (Fsp3) is 0.667. The summed E-state index contributed by atoms with van der Waals surface area (Å²) < 4.78 is 14.8. The smallest absolute Gasteiger partial charge is 0.335 e. The maximum atomic E-state index is 11.0. The second-order valence-corrected chi connectivity index (χ2v) is 2.51. The molecule has 0 aliphatic carbocycles. The largest absolute Gasteiger partial charge is 0.430 e. The number of esters is 1.